The van der Waals surface area contributed by atoms with Gasteiger partial charge in [0.1, 0.15) is 18.1 Å². The quantitative estimate of drug-likeness (QED) is 0.759. The first kappa shape index (κ1) is 12.1. The topological polar surface area (TPSA) is 29.5 Å². The minimum Gasteiger partial charge on any atom is -0.506 e. The van der Waals surface area contributed by atoms with E-state index in [0.29, 0.717) is 12.4 Å². The Morgan fingerprint density at radius 2 is 1.89 bits per heavy atom. The van der Waals surface area contributed by atoms with Crippen molar-refractivity contribution >= 4 is 21.4 Å². The summed E-state index contributed by atoms with van der Waals surface area (Å²) in [6.07, 6.45) is 0. The molecular weight excluding hydrogens is 256 g/mol. The summed E-state index contributed by atoms with van der Waals surface area (Å²) in [5, 5.41) is 10.8. The van der Waals surface area contributed by atoms with Crippen LogP contribution in [0.5, 0.6) is 11.5 Å². The van der Waals surface area contributed by atoms with Crippen LogP contribution in [0, 0.1) is 6.92 Å². The van der Waals surface area contributed by atoms with Crippen molar-refractivity contribution < 1.29 is 9.84 Å². The Morgan fingerprint density at radius 3 is 2.63 bits per heavy atom. The van der Waals surface area contributed by atoms with Crippen molar-refractivity contribution in [2.24, 2.45) is 0 Å². The highest BCUT2D eigenvalue weighted by atomic mass is 32.1. The lowest BCUT2D eigenvalue weighted by atomic mass is 10.2. The molecule has 0 spiro atoms. The highest BCUT2D eigenvalue weighted by molar-refractivity contribution is 7.19. The fourth-order valence-electron chi connectivity index (χ4n) is 1.96. The maximum Gasteiger partial charge on any atom is 0.133 e. The molecule has 3 rings (SSSR count). The molecule has 3 aromatic rings. The van der Waals surface area contributed by atoms with E-state index in [1.54, 1.807) is 17.4 Å². The first-order valence-corrected chi connectivity index (χ1v) is 6.94. The smallest absolute Gasteiger partial charge is 0.133 e. The number of ether oxygens (including phenoxy) is 1. The molecule has 1 N–H and O–H groups in total. The van der Waals surface area contributed by atoms with Crippen molar-refractivity contribution in [3.05, 3.63) is 59.0 Å². The molecule has 0 radical (unpaired) electrons. The zero-order valence-electron chi connectivity index (χ0n) is 10.6. The molecule has 3 heteroatoms. The number of hydrogen-bond donors (Lipinski definition) is 1. The number of fused-ring (bicyclic) bond motifs is 1. The van der Waals surface area contributed by atoms with Gasteiger partial charge < -0.3 is 9.84 Å². The standard InChI is InChI=1S/C16H14O2S/c1-11-5-7-13(8-6-11)18-10-14-9-12-3-2-4-15(17)16(12)19-14/h2-9,17H,10H2,1H3. The average Bonchev–Trinajstić information content (AvgIpc) is 2.83. The monoisotopic (exact) mass is 270 g/mol. The Morgan fingerprint density at radius 1 is 1.11 bits per heavy atom. The lowest BCUT2D eigenvalue weighted by Crippen LogP contribution is -1.92. The van der Waals surface area contributed by atoms with Crippen LogP contribution in [0.3, 0.4) is 0 Å². The molecule has 0 saturated heterocycles. The second-order valence-corrected chi connectivity index (χ2v) is 5.65. The van der Waals surface area contributed by atoms with Gasteiger partial charge in [0.25, 0.3) is 0 Å². The van der Waals surface area contributed by atoms with E-state index in [-0.39, 0.29) is 0 Å². The van der Waals surface area contributed by atoms with E-state index in [1.807, 2.05) is 36.4 Å². The van der Waals surface area contributed by atoms with Crippen LogP contribution in [0.2, 0.25) is 0 Å². The molecule has 0 aliphatic rings. The molecule has 0 bridgehead atoms. The molecule has 19 heavy (non-hydrogen) atoms. The van der Waals surface area contributed by atoms with Gasteiger partial charge >= 0.3 is 0 Å². The molecule has 2 nitrogen and oxygen atoms in total. The van der Waals surface area contributed by atoms with Gasteiger partial charge in [0.15, 0.2) is 0 Å². The number of aromatic hydroxyl groups is 1. The zero-order valence-corrected chi connectivity index (χ0v) is 11.4. The maximum atomic E-state index is 9.77. The lowest BCUT2D eigenvalue weighted by Gasteiger charge is -2.04. The fraction of sp³-hybridized carbons (Fsp3) is 0.125. The second-order valence-electron chi connectivity index (χ2n) is 4.51. The minimum absolute atomic E-state index is 0.337. The molecule has 0 atom stereocenters. The van der Waals surface area contributed by atoms with E-state index in [1.165, 1.54) is 5.56 Å². The summed E-state index contributed by atoms with van der Waals surface area (Å²) < 4.78 is 6.67. The van der Waals surface area contributed by atoms with Crippen LogP contribution in [0.1, 0.15) is 10.4 Å². The van der Waals surface area contributed by atoms with Gasteiger partial charge in [-0.1, -0.05) is 29.8 Å². The number of phenols is 1. The summed E-state index contributed by atoms with van der Waals surface area (Å²) in [4.78, 5) is 1.11. The number of benzene rings is 2. The molecular formula is C16H14O2S. The summed E-state index contributed by atoms with van der Waals surface area (Å²) in [5.41, 5.74) is 1.22. The Balaban J connectivity index is 1.78. The van der Waals surface area contributed by atoms with Crippen LogP contribution in [-0.2, 0) is 6.61 Å². The molecule has 1 heterocycles. The summed E-state index contributed by atoms with van der Waals surface area (Å²) in [6, 6.07) is 15.6. The number of aryl methyl sites for hydroxylation is 1. The summed E-state index contributed by atoms with van der Waals surface area (Å²) >= 11 is 1.57. The molecule has 0 unspecified atom stereocenters. The number of hydrogen-bond acceptors (Lipinski definition) is 3. The van der Waals surface area contributed by atoms with Gasteiger partial charge in [0, 0.05) is 4.88 Å². The number of rotatable bonds is 3. The summed E-state index contributed by atoms with van der Waals surface area (Å²) in [7, 11) is 0. The first-order valence-electron chi connectivity index (χ1n) is 6.12. The van der Waals surface area contributed by atoms with Gasteiger partial charge in [-0.3, -0.25) is 0 Å². The van der Waals surface area contributed by atoms with E-state index < -0.39 is 0 Å². The number of phenolic OH excluding ortho intramolecular Hbond substituents is 1. The predicted molar refractivity (Wildman–Crippen MR) is 79.0 cm³/mol. The fourth-order valence-corrected chi connectivity index (χ4v) is 2.94. The van der Waals surface area contributed by atoms with Crippen LogP contribution in [0.4, 0.5) is 0 Å². The van der Waals surface area contributed by atoms with Crippen LogP contribution in [-0.4, -0.2) is 5.11 Å². The lowest BCUT2D eigenvalue weighted by molar-refractivity contribution is 0.310. The van der Waals surface area contributed by atoms with Crippen molar-refractivity contribution in [2.45, 2.75) is 13.5 Å². The van der Waals surface area contributed by atoms with Gasteiger partial charge in [0.2, 0.25) is 0 Å². The minimum atomic E-state index is 0.337. The Bertz CT molecular complexity index is 698. The van der Waals surface area contributed by atoms with Crippen molar-refractivity contribution in [2.75, 3.05) is 0 Å². The third kappa shape index (κ3) is 2.56. The van der Waals surface area contributed by atoms with E-state index in [9.17, 15) is 5.11 Å². The van der Waals surface area contributed by atoms with Crippen molar-refractivity contribution in [1.29, 1.82) is 0 Å². The maximum absolute atomic E-state index is 9.77. The highest BCUT2D eigenvalue weighted by Gasteiger charge is 2.06. The Hall–Kier alpha value is -2.00. The Kier molecular flexibility index (Phi) is 3.13. The van der Waals surface area contributed by atoms with Crippen LogP contribution in [0.25, 0.3) is 10.1 Å². The predicted octanol–water partition coefficient (Wildman–Crippen LogP) is 4.49. The third-order valence-electron chi connectivity index (χ3n) is 2.98. The van der Waals surface area contributed by atoms with Gasteiger partial charge in [0.05, 0.1) is 4.70 Å². The van der Waals surface area contributed by atoms with Crippen LogP contribution in [0.15, 0.2) is 48.5 Å². The van der Waals surface area contributed by atoms with Gasteiger partial charge in [-0.2, -0.15) is 0 Å². The normalized spacial score (nSPS) is 10.8. The van der Waals surface area contributed by atoms with E-state index in [2.05, 4.69) is 13.0 Å². The molecule has 96 valence electrons. The number of thiophene rings is 1. The molecule has 0 fully saturated rings. The zero-order chi connectivity index (χ0) is 13.2. The van der Waals surface area contributed by atoms with E-state index in [0.717, 1.165) is 20.7 Å². The van der Waals surface area contributed by atoms with Gasteiger partial charge in [-0.05, 0) is 36.6 Å². The van der Waals surface area contributed by atoms with Crippen LogP contribution >= 0.6 is 11.3 Å². The van der Waals surface area contributed by atoms with Crippen molar-refractivity contribution in [3.63, 3.8) is 0 Å². The highest BCUT2D eigenvalue weighted by Crippen LogP contribution is 2.33. The van der Waals surface area contributed by atoms with Crippen molar-refractivity contribution in [3.8, 4) is 11.5 Å². The molecule has 2 aromatic carbocycles. The summed E-state index contributed by atoms with van der Waals surface area (Å²) in [5.74, 6) is 1.20. The molecule has 1 aromatic heterocycles. The largest absolute Gasteiger partial charge is 0.506 e. The second kappa shape index (κ2) is 4.94. The van der Waals surface area contributed by atoms with E-state index in [4.69, 9.17) is 4.74 Å². The van der Waals surface area contributed by atoms with Crippen molar-refractivity contribution in [1.82, 2.24) is 0 Å². The average molecular weight is 270 g/mol. The Labute approximate surface area is 115 Å². The van der Waals surface area contributed by atoms with Gasteiger partial charge in [-0.25, -0.2) is 0 Å². The van der Waals surface area contributed by atoms with E-state index >= 15 is 0 Å². The molecule has 0 aliphatic carbocycles. The molecule has 0 aliphatic heterocycles. The summed E-state index contributed by atoms with van der Waals surface area (Å²) in [6.45, 7) is 2.58. The third-order valence-corrected chi connectivity index (χ3v) is 4.12. The molecule has 0 amide bonds. The van der Waals surface area contributed by atoms with Crippen LogP contribution < -0.4 is 4.74 Å². The van der Waals surface area contributed by atoms with Gasteiger partial charge in [-0.15, -0.1) is 11.3 Å². The first-order chi connectivity index (χ1) is 9.22. The molecule has 0 saturated carbocycles. The SMILES string of the molecule is Cc1ccc(OCc2cc3cccc(O)c3s2)cc1.